The van der Waals surface area contributed by atoms with Gasteiger partial charge in [0.15, 0.2) is 5.82 Å². The van der Waals surface area contributed by atoms with Crippen molar-refractivity contribution in [3.05, 3.63) is 17.1 Å². The molecule has 20 heavy (non-hydrogen) atoms. The molecule has 1 aromatic rings. The van der Waals surface area contributed by atoms with Crippen LogP contribution in [0, 0.1) is 0 Å². The summed E-state index contributed by atoms with van der Waals surface area (Å²) in [7, 11) is 0. The number of hydrogen-bond acceptors (Lipinski definition) is 5. The van der Waals surface area contributed by atoms with Gasteiger partial charge in [0.05, 0.1) is 0 Å². The number of aryl methyl sites for hydroxylation is 1. The first-order valence-corrected chi connectivity index (χ1v) is 7.62. The van der Waals surface area contributed by atoms with E-state index in [1.807, 2.05) is 6.92 Å². The standard InChI is InChI=1S/C15H23N3O2/c1-2-20-15(7-9-19-10-8-15)14-17-12-6-4-3-5-11(12)13(16)18-14/h2-10H2,1H3,(H2,16,17,18). The average Bonchev–Trinajstić information content (AvgIpc) is 2.48. The van der Waals surface area contributed by atoms with Crippen LogP contribution in [0.2, 0.25) is 0 Å². The summed E-state index contributed by atoms with van der Waals surface area (Å²) < 4.78 is 11.5. The van der Waals surface area contributed by atoms with Gasteiger partial charge in [0.2, 0.25) is 0 Å². The van der Waals surface area contributed by atoms with E-state index in [0.717, 1.165) is 42.8 Å². The fourth-order valence-electron chi connectivity index (χ4n) is 3.24. The molecule has 0 radical (unpaired) electrons. The molecule has 0 atom stereocenters. The number of aromatic nitrogens is 2. The second-order valence-corrected chi connectivity index (χ2v) is 5.60. The molecule has 5 heteroatoms. The molecule has 1 saturated heterocycles. The highest BCUT2D eigenvalue weighted by molar-refractivity contribution is 5.44. The largest absolute Gasteiger partial charge is 0.383 e. The summed E-state index contributed by atoms with van der Waals surface area (Å²) in [6.07, 6.45) is 6.00. The Hall–Kier alpha value is -1.20. The fraction of sp³-hybridized carbons (Fsp3) is 0.733. The zero-order valence-electron chi connectivity index (χ0n) is 12.2. The third kappa shape index (κ3) is 2.40. The molecule has 2 N–H and O–H groups in total. The summed E-state index contributed by atoms with van der Waals surface area (Å²) >= 11 is 0. The number of nitrogens with zero attached hydrogens (tertiary/aromatic N) is 2. The molecule has 5 nitrogen and oxygen atoms in total. The van der Waals surface area contributed by atoms with Crippen LogP contribution in [0.1, 0.15) is 49.7 Å². The topological polar surface area (TPSA) is 70.3 Å². The molecule has 1 fully saturated rings. The van der Waals surface area contributed by atoms with Crippen LogP contribution >= 0.6 is 0 Å². The Morgan fingerprint density at radius 3 is 2.70 bits per heavy atom. The lowest BCUT2D eigenvalue weighted by atomic mass is 9.91. The molecule has 1 aliphatic heterocycles. The maximum atomic E-state index is 6.17. The van der Waals surface area contributed by atoms with Crippen molar-refractivity contribution in [1.82, 2.24) is 9.97 Å². The zero-order chi connectivity index (χ0) is 14.0. The molecular weight excluding hydrogens is 254 g/mol. The first-order valence-electron chi connectivity index (χ1n) is 7.62. The van der Waals surface area contributed by atoms with Crippen LogP contribution in [-0.2, 0) is 27.9 Å². The van der Waals surface area contributed by atoms with Gasteiger partial charge >= 0.3 is 0 Å². The second kappa shape index (κ2) is 5.66. The average molecular weight is 277 g/mol. The van der Waals surface area contributed by atoms with Crippen LogP contribution in [0.3, 0.4) is 0 Å². The number of fused-ring (bicyclic) bond motifs is 1. The van der Waals surface area contributed by atoms with Crippen molar-refractivity contribution in [3.63, 3.8) is 0 Å². The van der Waals surface area contributed by atoms with Crippen molar-refractivity contribution in [3.8, 4) is 0 Å². The monoisotopic (exact) mass is 277 g/mol. The van der Waals surface area contributed by atoms with Gasteiger partial charge in [0, 0.05) is 43.9 Å². The highest BCUT2D eigenvalue weighted by atomic mass is 16.5. The minimum absolute atomic E-state index is 0.409. The van der Waals surface area contributed by atoms with E-state index >= 15 is 0 Å². The Kier molecular flexibility index (Phi) is 3.89. The van der Waals surface area contributed by atoms with Crippen molar-refractivity contribution in [2.75, 3.05) is 25.6 Å². The Bertz CT molecular complexity index is 479. The maximum absolute atomic E-state index is 6.17. The molecule has 3 rings (SSSR count). The molecule has 0 spiro atoms. The minimum atomic E-state index is -0.409. The van der Waals surface area contributed by atoms with Crippen molar-refractivity contribution < 1.29 is 9.47 Å². The Balaban J connectivity index is 2.00. The Labute approximate surface area is 119 Å². The van der Waals surface area contributed by atoms with E-state index in [1.165, 1.54) is 12.8 Å². The van der Waals surface area contributed by atoms with Crippen LogP contribution in [0.25, 0.3) is 0 Å². The summed E-state index contributed by atoms with van der Waals surface area (Å²) in [5.41, 5.74) is 8.04. The normalized spacial score (nSPS) is 21.4. The molecule has 2 heterocycles. The highest BCUT2D eigenvalue weighted by Crippen LogP contribution is 2.36. The van der Waals surface area contributed by atoms with E-state index in [9.17, 15) is 0 Å². The fourth-order valence-corrected chi connectivity index (χ4v) is 3.24. The summed E-state index contributed by atoms with van der Waals surface area (Å²) in [5, 5.41) is 0. The lowest BCUT2D eigenvalue weighted by Crippen LogP contribution is -2.39. The van der Waals surface area contributed by atoms with E-state index in [2.05, 4.69) is 4.98 Å². The summed E-state index contributed by atoms with van der Waals surface area (Å²) in [6.45, 7) is 4.06. The SMILES string of the molecule is CCOC1(c2nc(N)c3c(n2)CCCC3)CCOCC1. The van der Waals surface area contributed by atoms with E-state index < -0.39 is 5.60 Å². The van der Waals surface area contributed by atoms with Gasteiger partial charge in [-0.25, -0.2) is 9.97 Å². The molecule has 1 aromatic heterocycles. The maximum Gasteiger partial charge on any atom is 0.163 e. The third-order valence-electron chi connectivity index (χ3n) is 4.34. The van der Waals surface area contributed by atoms with Crippen molar-refractivity contribution in [2.24, 2.45) is 0 Å². The minimum Gasteiger partial charge on any atom is -0.383 e. The Morgan fingerprint density at radius 1 is 1.20 bits per heavy atom. The second-order valence-electron chi connectivity index (χ2n) is 5.60. The lowest BCUT2D eigenvalue weighted by molar-refractivity contribution is -0.117. The van der Waals surface area contributed by atoms with Gasteiger partial charge < -0.3 is 15.2 Å². The van der Waals surface area contributed by atoms with Crippen molar-refractivity contribution in [1.29, 1.82) is 0 Å². The molecule has 0 bridgehead atoms. The number of nitrogens with two attached hydrogens (primary N) is 1. The quantitative estimate of drug-likeness (QED) is 0.914. The van der Waals surface area contributed by atoms with Gasteiger partial charge in [0.1, 0.15) is 11.4 Å². The van der Waals surface area contributed by atoms with Crippen LogP contribution in [0.15, 0.2) is 0 Å². The highest BCUT2D eigenvalue weighted by Gasteiger charge is 2.39. The molecule has 2 aliphatic rings. The van der Waals surface area contributed by atoms with Crippen molar-refractivity contribution >= 4 is 5.82 Å². The van der Waals surface area contributed by atoms with Gasteiger partial charge in [-0.1, -0.05) is 0 Å². The van der Waals surface area contributed by atoms with Crippen LogP contribution in [0.5, 0.6) is 0 Å². The number of anilines is 1. The smallest absolute Gasteiger partial charge is 0.163 e. The summed E-state index contributed by atoms with van der Waals surface area (Å²) in [4.78, 5) is 9.40. The predicted molar refractivity (Wildman–Crippen MR) is 76.4 cm³/mol. The van der Waals surface area contributed by atoms with E-state index in [4.69, 9.17) is 20.2 Å². The lowest BCUT2D eigenvalue weighted by Gasteiger charge is -2.36. The van der Waals surface area contributed by atoms with Crippen LogP contribution in [-0.4, -0.2) is 29.8 Å². The molecule has 1 aliphatic carbocycles. The van der Waals surface area contributed by atoms with Crippen LogP contribution in [0.4, 0.5) is 5.82 Å². The van der Waals surface area contributed by atoms with Gasteiger partial charge in [0.25, 0.3) is 0 Å². The first-order chi connectivity index (χ1) is 9.75. The number of hydrogen-bond donors (Lipinski definition) is 1. The summed E-state index contributed by atoms with van der Waals surface area (Å²) in [6, 6.07) is 0. The van der Waals surface area contributed by atoms with Crippen molar-refractivity contribution in [2.45, 2.75) is 51.0 Å². The van der Waals surface area contributed by atoms with E-state index in [1.54, 1.807) is 0 Å². The summed E-state index contributed by atoms with van der Waals surface area (Å²) in [5.74, 6) is 1.41. The number of nitrogen functional groups attached to an aromatic ring is 1. The molecular formula is C15H23N3O2. The molecule has 0 amide bonds. The number of rotatable bonds is 3. The molecule has 0 unspecified atom stereocenters. The first kappa shape index (κ1) is 13.8. The molecule has 0 aromatic carbocycles. The van der Waals surface area contributed by atoms with Gasteiger partial charge in [-0.2, -0.15) is 0 Å². The molecule has 110 valence electrons. The predicted octanol–water partition coefficient (Wildman–Crippen LogP) is 1.98. The molecule has 0 saturated carbocycles. The van der Waals surface area contributed by atoms with Crippen LogP contribution < -0.4 is 5.73 Å². The van der Waals surface area contributed by atoms with Gasteiger partial charge in [-0.3, -0.25) is 0 Å². The van der Waals surface area contributed by atoms with E-state index in [0.29, 0.717) is 25.6 Å². The zero-order valence-corrected chi connectivity index (χ0v) is 12.2. The number of ether oxygens (including phenoxy) is 2. The van der Waals surface area contributed by atoms with Gasteiger partial charge in [-0.05, 0) is 32.6 Å². The third-order valence-corrected chi connectivity index (χ3v) is 4.34. The van der Waals surface area contributed by atoms with E-state index in [-0.39, 0.29) is 0 Å². The Morgan fingerprint density at radius 2 is 1.95 bits per heavy atom. The van der Waals surface area contributed by atoms with Gasteiger partial charge in [-0.15, -0.1) is 0 Å².